The number of aryl methyl sites for hydroxylation is 1. The molecule has 0 aliphatic carbocycles. The SMILES string of the molecule is Cc1ccc([C@@H]2Oc3ccc(Cl)cc3[C@@H]3CC(c4cccs4)=NN32)cc1. The van der Waals surface area contributed by atoms with Gasteiger partial charge in [0, 0.05) is 22.6 Å². The molecule has 3 nitrogen and oxygen atoms in total. The summed E-state index contributed by atoms with van der Waals surface area (Å²) in [5.41, 5.74) is 4.56. The zero-order valence-corrected chi connectivity index (χ0v) is 15.8. The third-order valence-electron chi connectivity index (χ3n) is 4.92. The molecule has 0 unspecified atom stereocenters. The average Bonchev–Trinajstić information content (AvgIpc) is 3.32. The highest BCUT2D eigenvalue weighted by Crippen LogP contribution is 2.48. The summed E-state index contributed by atoms with van der Waals surface area (Å²) in [6.45, 7) is 2.09. The van der Waals surface area contributed by atoms with Gasteiger partial charge in [-0.3, -0.25) is 0 Å². The van der Waals surface area contributed by atoms with Crippen LogP contribution in [0, 0.1) is 6.92 Å². The summed E-state index contributed by atoms with van der Waals surface area (Å²) in [7, 11) is 0. The van der Waals surface area contributed by atoms with E-state index in [1.165, 1.54) is 10.4 Å². The maximum Gasteiger partial charge on any atom is 0.213 e. The largest absolute Gasteiger partial charge is 0.464 e. The summed E-state index contributed by atoms with van der Waals surface area (Å²) in [5.74, 6) is 0.892. The van der Waals surface area contributed by atoms with Gasteiger partial charge >= 0.3 is 0 Å². The van der Waals surface area contributed by atoms with Crippen molar-refractivity contribution in [2.24, 2.45) is 5.10 Å². The Hall–Kier alpha value is -2.30. The second kappa shape index (κ2) is 6.15. The number of fused-ring (bicyclic) bond motifs is 3. The van der Waals surface area contributed by atoms with Gasteiger partial charge in [0.1, 0.15) is 5.75 Å². The van der Waals surface area contributed by atoms with Crippen LogP contribution in [0.1, 0.15) is 40.3 Å². The van der Waals surface area contributed by atoms with Crippen molar-refractivity contribution in [1.29, 1.82) is 0 Å². The van der Waals surface area contributed by atoms with E-state index in [2.05, 4.69) is 53.7 Å². The van der Waals surface area contributed by atoms with Gasteiger partial charge in [-0.2, -0.15) is 5.10 Å². The normalized spacial score (nSPS) is 21.0. The molecule has 0 radical (unpaired) electrons. The molecule has 2 aliphatic heterocycles. The molecule has 0 saturated heterocycles. The fourth-order valence-electron chi connectivity index (χ4n) is 3.60. The lowest BCUT2D eigenvalue weighted by atomic mass is 9.97. The minimum absolute atomic E-state index is 0.140. The number of hydrazone groups is 1. The standard InChI is InChI=1S/C21H17ClN2OS/c1-13-4-6-14(7-5-13)21-24-18(12-17(23-24)20-3-2-10-26-20)16-11-15(22)8-9-19(16)25-21/h2-11,18,21H,12H2,1H3/t18-,21-/m0/s1. The molecule has 0 N–H and O–H groups in total. The first-order valence-electron chi connectivity index (χ1n) is 8.61. The van der Waals surface area contributed by atoms with Crippen molar-refractivity contribution < 1.29 is 4.74 Å². The van der Waals surface area contributed by atoms with Crippen LogP contribution in [-0.4, -0.2) is 10.7 Å². The van der Waals surface area contributed by atoms with Gasteiger partial charge in [0.15, 0.2) is 0 Å². The minimum atomic E-state index is -0.230. The van der Waals surface area contributed by atoms with Gasteiger partial charge in [0.2, 0.25) is 6.23 Å². The van der Waals surface area contributed by atoms with Gasteiger partial charge in [-0.15, -0.1) is 11.3 Å². The Kier molecular flexibility index (Phi) is 3.76. The smallest absolute Gasteiger partial charge is 0.213 e. The molecule has 5 heteroatoms. The molecule has 130 valence electrons. The van der Waals surface area contributed by atoms with Gasteiger partial charge in [-0.1, -0.05) is 47.5 Å². The molecule has 26 heavy (non-hydrogen) atoms. The van der Waals surface area contributed by atoms with E-state index < -0.39 is 0 Å². The Labute approximate surface area is 161 Å². The molecule has 0 amide bonds. The third-order valence-corrected chi connectivity index (χ3v) is 6.07. The molecule has 1 aromatic heterocycles. The van der Waals surface area contributed by atoms with Crippen LogP contribution >= 0.6 is 22.9 Å². The van der Waals surface area contributed by atoms with E-state index in [1.54, 1.807) is 11.3 Å². The molecule has 3 aromatic rings. The Balaban J connectivity index is 1.61. The van der Waals surface area contributed by atoms with Gasteiger partial charge < -0.3 is 4.74 Å². The molecular weight excluding hydrogens is 364 g/mol. The second-order valence-electron chi connectivity index (χ2n) is 6.69. The molecule has 5 rings (SSSR count). The Morgan fingerprint density at radius 2 is 2.00 bits per heavy atom. The predicted molar refractivity (Wildman–Crippen MR) is 106 cm³/mol. The summed E-state index contributed by atoms with van der Waals surface area (Å²) in [5, 5.41) is 9.87. The number of benzene rings is 2. The fourth-order valence-corrected chi connectivity index (χ4v) is 4.50. The molecule has 2 aliphatic rings. The van der Waals surface area contributed by atoms with Crippen molar-refractivity contribution >= 4 is 28.6 Å². The fraction of sp³-hybridized carbons (Fsp3) is 0.190. The average molecular weight is 381 g/mol. The zero-order valence-electron chi connectivity index (χ0n) is 14.2. The molecule has 2 atom stereocenters. The molecule has 0 bridgehead atoms. The van der Waals surface area contributed by atoms with Crippen LogP contribution < -0.4 is 4.74 Å². The number of rotatable bonds is 2. The zero-order chi connectivity index (χ0) is 17.7. The Bertz CT molecular complexity index is 982. The van der Waals surface area contributed by atoms with Crippen LogP contribution in [0.5, 0.6) is 5.75 Å². The van der Waals surface area contributed by atoms with Crippen molar-refractivity contribution in [3.8, 4) is 5.75 Å². The number of thiophene rings is 1. The first-order chi connectivity index (χ1) is 12.7. The van der Waals surface area contributed by atoms with Gasteiger partial charge in [0.05, 0.1) is 16.6 Å². The van der Waals surface area contributed by atoms with Crippen molar-refractivity contribution in [2.75, 3.05) is 0 Å². The van der Waals surface area contributed by atoms with Crippen molar-refractivity contribution in [3.05, 3.63) is 86.6 Å². The van der Waals surface area contributed by atoms with Gasteiger partial charge in [-0.05, 0) is 36.6 Å². The summed E-state index contributed by atoms with van der Waals surface area (Å²) >= 11 is 7.99. The first kappa shape index (κ1) is 15.9. The van der Waals surface area contributed by atoms with Crippen molar-refractivity contribution in [1.82, 2.24) is 5.01 Å². The number of ether oxygens (including phenoxy) is 1. The molecule has 3 heterocycles. The monoisotopic (exact) mass is 380 g/mol. The van der Waals surface area contributed by atoms with E-state index in [1.807, 2.05) is 18.2 Å². The topological polar surface area (TPSA) is 24.8 Å². The van der Waals surface area contributed by atoms with Crippen molar-refractivity contribution in [2.45, 2.75) is 25.6 Å². The molecule has 0 saturated carbocycles. The predicted octanol–water partition coefficient (Wildman–Crippen LogP) is 5.95. The van der Waals surface area contributed by atoms with Crippen LogP contribution in [0.2, 0.25) is 5.02 Å². The molecular formula is C21H17ClN2OS. The highest BCUT2D eigenvalue weighted by molar-refractivity contribution is 7.12. The van der Waals surface area contributed by atoms with E-state index in [4.69, 9.17) is 21.4 Å². The number of hydrogen-bond acceptors (Lipinski definition) is 4. The van der Waals surface area contributed by atoms with E-state index >= 15 is 0 Å². The maximum atomic E-state index is 6.36. The number of halogens is 1. The number of nitrogens with zero attached hydrogens (tertiary/aromatic N) is 2. The van der Waals surface area contributed by atoms with Crippen LogP contribution in [0.3, 0.4) is 0 Å². The first-order valence-corrected chi connectivity index (χ1v) is 9.87. The summed E-state index contributed by atoms with van der Waals surface area (Å²) in [4.78, 5) is 1.21. The third kappa shape index (κ3) is 2.61. The van der Waals surface area contributed by atoms with Crippen LogP contribution in [0.15, 0.2) is 65.1 Å². The lowest BCUT2D eigenvalue weighted by Gasteiger charge is -2.38. The molecule has 0 spiro atoms. The van der Waals surface area contributed by atoms with E-state index in [-0.39, 0.29) is 12.3 Å². The number of hydrogen-bond donors (Lipinski definition) is 0. The van der Waals surface area contributed by atoms with Gasteiger partial charge in [-0.25, -0.2) is 5.01 Å². The van der Waals surface area contributed by atoms with E-state index in [0.717, 1.165) is 34.0 Å². The van der Waals surface area contributed by atoms with Crippen LogP contribution in [-0.2, 0) is 0 Å². The van der Waals surface area contributed by atoms with Crippen LogP contribution in [0.4, 0.5) is 0 Å². The lowest BCUT2D eigenvalue weighted by Crippen LogP contribution is -2.33. The minimum Gasteiger partial charge on any atom is -0.464 e. The summed E-state index contributed by atoms with van der Waals surface area (Å²) in [6, 6.07) is 18.7. The lowest BCUT2D eigenvalue weighted by molar-refractivity contribution is -0.0190. The molecule has 2 aromatic carbocycles. The quantitative estimate of drug-likeness (QED) is 0.548. The van der Waals surface area contributed by atoms with E-state index in [0.29, 0.717) is 0 Å². The second-order valence-corrected chi connectivity index (χ2v) is 8.07. The van der Waals surface area contributed by atoms with Crippen LogP contribution in [0.25, 0.3) is 0 Å². The maximum absolute atomic E-state index is 6.36. The highest BCUT2D eigenvalue weighted by Gasteiger charge is 2.41. The summed E-state index contributed by atoms with van der Waals surface area (Å²) < 4.78 is 6.36. The van der Waals surface area contributed by atoms with E-state index in [9.17, 15) is 0 Å². The van der Waals surface area contributed by atoms with Crippen molar-refractivity contribution in [3.63, 3.8) is 0 Å². The molecule has 0 fully saturated rings. The highest BCUT2D eigenvalue weighted by atomic mass is 35.5. The summed E-state index contributed by atoms with van der Waals surface area (Å²) in [6.07, 6.45) is 0.631. The Morgan fingerprint density at radius 3 is 2.77 bits per heavy atom. The van der Waals surface area contributed by atoms with Gasteiger partial charge in [0.25, 0.3) is 0 Å². The Morgan fingerprint density at radius 1 is 1.15 bits per heavy atom.